The van der Waals surface area contributed by atoms with E-state index in [4.69, 9.17) is 21.1 Å². The van der Waals surface area contributed by atoms with Gasteiger partial charge in [0.05, 0.1) is 17.0 Å². The van der Waals surface area contributed by atoms with Gasteiger partial charge in [-0.25, -0.2) is 4.98 Å². The molecule has 3 aromatic rings. The minimum atomic E-state index is -0.879. The third-order valence-electron chi connectivity index (χ3n) is 2.91. The molecule has 0 bridgehead atoms. The summed E-state index contributed by atoms with van der Waals surface area (Å²) in [5, 5.41) is 9.35. The van der Waals surface area contributed by atoms with Crippen LogP contribution in [0.15, 0.2) is 46.9 Å². The molecule has 0 fully saturated rings. The molecule has 108 valence electrons. The third-order valence-corrected chi connectivity index (χ3v) is 3.24. The smallest absolute Gasteiger partial charge is 0.307 e. The van der Waals surface area contributed by atoms with Crippen molar-refractivity contribution in [3.63, 3.8) is 0 Å². The van der Waals surface area contributed by atoms with Crippen LogP contribution in [0, 0.1) is 0 Å². The Kier molecular flexibility index (Phi) is 4.29. The van der Waals surface area contributed by atoms with E-state index in [1.807, 2.05) is 18.2 Å². The number of nitrogens with zero attached hydrogens (tertiary/aromatic N) is 1. The van der Waals surface area contributed by atoms with Gasteiger partial charge in [-0.15, -0.1) is 0 Å². The van der Waals surface area contributed by atoms with Gasteiger partial charge in [0.15, 0.2) is 5.58 Å². The van der Waals surface area contributed by atoms with Crippen LogP contribution in [-0.4, -0.2) is 16.1 Å². The number of carboxylic acid groups (broad SMARTS) is 1. The lowest BCUT2D eigenvalue weighted by molar-refractivity contribution is -0.136. The summed E-state index contributed by atoms with van der Waals surface area (Å²) in [7, 11) is 0. The van der Waals surface area contributed by atoms with Crippen molar-refractivity contribution in [3.8, 4) is 11.5 Å². The topological polar surface area (TPSA) is 63.3 Å². The van der Waals surface area contributed by atoms with E-state index in [1.165, 1.54) is 0 Å². The van der Waals surface area contributed by atoms with Crippen LogP contribution >= 0.6 is 11.6 Å². The van der Waals surface area contributed by atoms with Crippen LogP contribution < -0.4 is 0 Å². The van der Waals surface area contributed by atoms with Crippen molar-refractivity contribution in [2.24, 2.45) is 0 Å². The van der Waals surface area contributed by atoms with Gasteiger partial charge in [-0.05, 0) is 29.8 Å². The maximum Gasteiger partial charge on any atom is 0.307 e. The average molecular weight is 304 g/mol. The summed E-state index contributed by atoms with van der Waals surface area (Å²) < 4.78 is 5.67. The fourth-order valence-electron chi connectivity index (χ4n) is 2.00. The quantitative estimate of drug-likeness (QED) is 0.778. The molecule has 0 radical (unpaired) electrons. The van der Waals surface area contributed by atoms with Crippen molar-refractivity contribution in [1.82, 2.24) is 4.98 Å². The Hall–Kier alpha value is -2.33. The zero-order valence-corrected chi connectivity index (χ0v) is 11.1. The summed E-state index contributed by atoms with van der Waals surface area (Å²) in [6, 6.07) is 12.4. The summed E-state index contributed by atoms with van der Waals surface area (Å²) in [4.78, 5) is 15.1. The van der Waals surface area contributed by atoms with Gasteiger partial charge < -0.3 is 9.52 Å². The number of hydrogen-bond donors (Lipinski definition) is 1. The first-order chi connectivity index (χ1) is 9.63. The summed E-state index contributed by atoms with van der Waals surface area (Å²) in [6.07, 6.45) is -0.0436. The molecule has 0 saturated carbocycles. The van der Waals surface area contributed by atoms with Crippen molar-refractivity contribution in [2.45, 2.75) is 13.8 Å². The summed E-state index contributed by atoms with van der Waals surface area (Å²) in [5.74, 6) is -0.451. The van der Waals surface area contributed by atoms with Crippen LogP contribution in [0.5, 0.6) is 0 Å². The molecule has 4 nitrogen and oxygen atoms in total. The molecule has 0 aliphatic carbocycles. The lowest BCUT2D eigenvalue weighted by atomic mass is 10.1. The van der Waals surface area contributed by atoms with Gasteiger partial charge in [-0.2, -0.15) is 0 Å². The Balaban J connectivity index is 0.00000161. The molecule has 0 aliphatic rings. The zero-order chi connectivity index (χ0) is 14.1. The lowest BCUT2D eigenvalue weighted by Crippen LogP contribution is -1.99. The molecule has 21 heavy (non-hydrogen) atoms. The fourth-order valence-corrected chi connectivity index (χ4v) is 2.22. The highest BCUT2D eigenvalue weighted by Gasteiger charge is 2.12. The molecule has 0 spiro atoms. The largest absolute Gasteiger partial charge is 0.481 e. The number of benzene rings is 2. The van der Waals surface area contributed by atoms with E-state index in [9.17, 15) is 4.79 Å². The second-order valence-corrected chi connectivity index (χ2v) is 4.78. The zero-order valence-electron chi connectivity index (χ0n) is 10.3. The predicted molar refractivity (Wildman–Crippen MR) is 82.5 cm³/mol. The summed E-state index contributed by atoms with van der Waals surface area (Å²) >= 11 is 6.11. The van der Waals surface area contributed by atoms with Crippen LogP contribution in [0.25, 0.3) is 22.6 Å². The lowest BCUT2D eigenvalue weighted by Gasteiger charge is -1.97. The van der Waals surface area contributed by atoms with Crippen molar-refractivity contribution < 1.29 is 14.3 Å². The van der Waals surface area contributed by atoms with Gasteiger partial charge in [0.2, 0.25) is 5.89 Å². The van der Waals surface area contributed by atoms with E-state index in [-0.39, 0.29) is 13.8 Å². The van der Waals surface area contributed by atoms with E-state index in [0.717, 1.165) is 0 Å². The molecule has 3 rings (SSSR count). The first-order valence-corrected chi connectivity index (χ1v) is 6.37. The van der Waals surface area contributed by atoms with Gasteiger partial charge in [-0.3, -0.25) is 4.79 Å². The molecule has 0 unspecified atom stereocenters. The van der Waals surface area contributed by atoms with Crippen molar-refractivity contribution in [2.75, 3.05) is 0 Å². The molecule has 2 aromatic carbocycles. The minimum Gasteiger partial charge on any atom is -0.481 e. The normalized spacial score (nSPS) is 10.3. The predicted octanol–water partition coefficient (Wildman–Crippen LogP) is 4.41. The second-order valence-electron chi connectivity index (χ2n) is 4.37. The highest BCUT2D eigenvalue weighted by Crippen LogP contribution is 2.30. The van der Waals surface area contributed by atoms with E-state index >= 15 is 0 Å². The van der Waals surface area contributed by atoms with Gasteiger partial charge in [0, 0.05) is 0 Å². The number of oxazole rings is 1. The standard InChI is InChI=1S/C15H10ClNO3.CH4/c16-11-4-2-1-3-10(11)15-17-12-6-5-9(8-14(18)19)7-13(12)20-15;/h1-7H,8H2,(H,18,19);1H4. The maximum absolute atomic E-state index is 10.7. The number of hydrogen-bond acceptors (Lipinski definition) is 3. The Morgan fingerprint density at radius 2 is 2.00 bits per heavy atom. The minimum absolute atomic E-state index is 0. The summed E-state index contributed by atoms with van der Waals surface area (Å²) in [6.45, 7) is 0. The molecule has 0 aliphatic heterocycles. The molecular formula is C16H14ClNO3. The molecule has 0 atom stereocenters. The average Bonchev–Trinajstić information content (AvgIpc) is 2.81. The fraction of sp³-hybridized carbons (Fsp3) is 0.125. The first-order valence-electron chi connectivity index (χ1n) is 5.99. The Labute approximate surface area is 127 Å². The maximum atomic E-state index is 10.7. The number of halogens is 1. The van der Waals surface area contributed by atoms with Crippen molar-refractivity contribution >= 4 is 28.7 Å². The van der Waals surface area contributed by atoms with Crippen molar-refractivity contribution in [3.05, 3.63) is 53.1 Å². The Morgan fingerprint density at radius 1 is 1.24 bits per heavy atom. The third kappa shape index (κ3) is 3.06. The molecule has 1 heterocycles. The molecule has 1 N–H and O–H groups in total. The molecule has 5 heteroatoms. The molecule has 1 aromatic heterocycles. The van der Waals surface area contributed by atoms with Crippen LogP contribution in [-0.2, 0) is 11.2 Å². The molecule has 0 saturated heterocycles. The first kappa shape index (κ1) is 15.1. The highest BCUT2D eigenvalue weighted by atomic mass is 35.5. The number of rotatable bonds is 3. The summed E-state index contributed by atoms with van der Waals surface area (Å²) in [5.41, 5.74) is 2.62. The Morgan fingerprint density at radius 3 is 2.71 bits per heavy atom. The molecule has 0 amide bonds. The van der Waals surface area contributed by atoms with Crippen molar-refractivity contribution in [1.29, 1.82) is 0 Å². The van der Waals surface area contributed by atoms with E-state index in [1.54, 1.807) is 24.3 Å². The van der Waals surface area contributed by atoms with E-state index in [0.29, 0.717) is 33.1 Å². The van der Waals surface area contributed by atoms with Gasteiger partial charge >= 0.3 is 5.97 Å². The second kappa shape index (κ2) is 5.97. The number of carbonyl (C=O) groups is 1. The SMILES string of the molecule is C.O=C(O)Cc1ccc2nc(-c3ccccc3Cl)oc2c1. The van der Waals surface area contributed by atoms with Gasteiger partial charge in [0.1, 0.15) is 5.52 Å². The number of fused-ring (bicyclic) bond motifs is 1. The Bertz CT molecular complexity index is 795. The molecular weight excluding hydrogens is 290 g/mol. The van der Waals surface area contributed by atoms with E-state index in [2.05, 4.69) is 4.98 Å². The van der Waals surface area contributed by atoms with Gasteiger partial charge in [0.25, 0.3) is 0 Å². The highest BCUT2D eigenvalue weighted by molar-refractivity contribution is 6.33. The van der Waals surface area contributed by atoms with Crippen LogP contribution in [0.2, 0.25) is 5.02 Å². The van der Waals surface area contributed by atoms with Crippen LogP contribution in [0.3, 0.4) is 0 Å². The van der Waals surface area contributed by atoms with Gasteiger partial charge in [-0.1, -0.05) is 37.2 Å². The van der Waals surface area contributed by atoms with E-state index < -0.39 is 5.97 Å². The monoisotopic (exact) mass is 303 g/mol. The van der Waals surface area contributed by atoms with Crippen LogP contribution in [0.4, 0.5) is 0 Å². The number of carboxylic acids is 1. The van der Waals surface area contributed by atoms with Crippen LogP contribution in [0.1, 0.15) is 13.0 Å². The number of aromatic nitrogens is 1. The number of aliphatic carboxylic acids is 1.